The molecule has 0 spiro atoms. The standard InChI is InChI=1S/C19H27NO/c1-3-5-8-13-20-15-18-17-10-7-6-9-16(17)11-12-19(18)21-14-4-2/h6-7,9-12,20H,3-5,8,13-15H2,1-2H3. The van der Waals surface area contributed by atoms with E-state index in [0.29, 0.717) is 0 Å². The van der Waals surface area contributed by atoms with Crippen molar-refractivity contribution in [1.82, 2.24) is 5.32 Å². The Labute approximate surface area is 128 Å². The molecule has 0 aromatic heterocycles. The van der Waals surface area contributed by atoms with Crippen molar-refractivity contribution in [2.45, 2.75) is 46.1 Å². The molecule has 0 unspecified atom stereocenters. The van der Waals surface area contributed by atoms with E-state index in [1.807, 2.05) is 0 Å². The highest BCUT2D eigenvalue weighted by molar-refractivity contribution is 5.87. The Morgan fingerprint density at radius 3 is 2.62 bits per heavy atom. The summed E-state index contributed by atoms with van der Waals surface area (Å²) in [6, 6.07) is 12.8. The molecule has 0 heterocycles. The van der Waals surface area contributed by atoms with Gasteiger partial charge in [0.25, 0.3) is 0 Å². The molecule has 0 amide bonds. The molecule has 114 valence electrons. The Kier molecular flexibility index (Phi) is 6.55. The predicted molar refractivity (Wildman–Crippen MR) is 91.0 cm³/mol. The maximum atomic E-state index is 5.93. The van der Waals surface area contributed by atoms with Crippen molar-refractivity contribution in [3.63, 3.8) is 0 Å². The van der Waals surface area contributed by atoms with E-state index in [0.717, 1.165) is 31.9 Å². The van der Waals surface area contributed by atoms with E-state index in [1.165, 1.54) is 35.6 Å². The minimum Gasteiger partial charge on any atom is -0.493 e. The lowest BCUT2D eigenvalue weighted by atomic mass is 10.0. The van der Waals surface area contributed by atoms with Gasteiger partial charge in [-0.25, -0.2) is 0 Å². The first kappa shape index (κ1) is 15.8. The molecule has 0 aliphatic rings. The van der Waals surface area contributed by atoms with E-state index in [9.17, 15) is 0 Å². The average molecular weight is 285 g/mol. The van der Waals surface area contributed by atoms with E-state index in [-0.39, 0.29) is 0 Å². The molecule has 0 fully saturated rings. The van der Waals surface area contributed by atoms with E-state index in [2.05, 4.69) is 55.6 Å². The van der Waals surface area contributed by atoms with Gasteiger partial charge in [-0.05, 0) is 36.2 Å². The summed E-state index contributed by atoms with van der Waals surface area (Å²) in [5, 5.41) is 6.15. The molecule has 2 aromatic carbocycles. The third kappa shape index (κ3) is 4.47. The number of hydrogen-bond donors (Lipinski definition) is 1. The van der Waals surface area contributed by atoms with E-state index in [1.54, 1.807) is 0 Å². The zero-order valence-corrected chi connectivity index (χ0v) is 13.3. The zero-order chi connectivity index (χ0) is 14.9. The molecule has 2 aromatic rings. The van der Waals surface area contributed by atoms with Gasteiger partial charge in [0.1, 0.15) is 5.75 Å². The van der Waals surface area contributed by atoms with Gasteiger partial charge < -0.3 is 10.1 Å². The van der Waals surface area contributed by atoms with Crippen LogP contribution >= 0.6 is 0 Å². The third-order valence-electron chi connectivity index (χ3n) is 3.72. The second-order valence-corrected chi connectivity index (χ2v) is 5.50. The van der Waals surface area contributed by atoms with Crippen LogP contribution in [0.3, 0.4) is 0 Å². The number of hydrogen-bond acceptors (Lipinski definition) is 2. The highest BCUT2D eigenvalue weighted by Gasteiger charge is 2.08. The van der Waals surface area contributed by atoms with Crippen LogP contribution in [0.4, 0.5) is 0 Å². The fraction of sp³-hybridized carbons (Fsp3) is 0.474. The molecule has 0 aliphatic heterocycles. The lowest BCUT2D eigenvalue weighted by Crippen LogP contribution is -2.16. The zero-order valence-electron chi connectivity index (χ0n) is 13.3. The Bertz CT molecular complexity index is 550. The second-order valence-electron chi connectivity index (χ2n) is 5.50. The summed E-state index contributed by atoms with van der Waals surface area (Å²) in [4.78, 5) is 0. The number of fused-ring (bicyclic) bond motifs is 1. The fourth-order valence-corrected chi connectivity index (χ4v) is 2.56. The van der Waals surface area contributed by atoms with Crippen molar-refractivity contribution in [1.29, 1.82) is 0 Å². The SMILES string of the molecule is CCCCCNCc1c(OCCC)ccc2ccccc12. The van der Waals surface area contributed by atoms with Crippen molar-refractivity contribution in [2.75, 3.05) is 13.2 Å². The maximum Gasteiger partial charge on any atom is 0.124 e. The molecule has 0 bridgehead atoms. The molecular weight excluding hydrogens is 258 g/mol. The Morgan fingerprint density at radius 2 is 1.81 bits per heavy atom. The van der Waals surface area contributed by atoms with Crippen molar-refractivity contribution < 1.29 is 4.74 Å². The van der Waals surface area contributed by atoms with E-state index >= 15 is 0 Å². The van der Waals surface area contributed by atoms with Gasteiger partial charge in [0.2, 0.25) is 0 Å². The van der Waals surface area contributed by atoms with Crippen LogP contribution in [0, 0.1) is 0 Å². The topological polar surface area (TPSA) is 21.3 Å². The lowest BCUT2D eigenvalue weighted by Gasteiger charge is -2.14. The van der Waals surface area contributed by atoms with Gasteiger partial charge in [0.15, 0.2) is 0 Å². The maximum absolute atomic E-state index is 5.93. The average Bonchev–Trinajstić information content (AvgIpc) is 2.53. The van der Waals surface area contributed by atoms with Crippen LogP contribution in [-0.4, -0.2) is 13.2 Å². The summed E-state index contributed by atoms with van der Waals surface area (Å²) < 4.78 is 5.93. The fourth-order valence-electron chi connectivity index (χ4n) is 2.56. The molecule has 2 heteroatoms. The number of benzene rings is 2. The van der Waals surface area contributed by atoms with Gasteiger partial charge in [0.05, 0.1) is 6.61 Å². The van der Waals surface area contributed by atoms with Crippen LogP contribution in [0.5, 0.6) is 5.75 Å². The summed E-state index contributed by atoms with van der Waals surface area (Å²) in [5.41, 5.74) is 1.29. The molecule has 2 nitrogen and oxygen atoms in total. The first-order valence-electron chi connectivity index (χ1n) is 8.21. The molecule has 0 radical (unpaired) electrons. The van der Waals surface area contributed by atoms with Crippen LogP contribution in [0.15, 0.2) is 36.4 Å². The normalized spacial score (nSPS) is 11.0. The summed E-state index contributed by atoms with van der Waals surface area (Å²) >= 11 is 0. The van der Waals surface area contributed by atoms with Crippen LogP contribution < -0.4 is 10.1 Å². The molecule has 0 saturated heterocycles. The smallest absolute Gasteiger partial charge is 0.124 e. The van der Waals surface area contributed by atoms with Crippen LogP contribution in [0.1, 0.15) is 45.1 Å². The first-order chi connectivity index (χ1) is 10.4. The van der Waals surface area contributed by atoms with Gasteiger partial charge >= 0.3 is 0 Å². The summed E-state index contributed by atoms with van der Waals surface area (Å²) in [5.74, 6) is 1.03. The molecule has 0 saturated carbocycles. The van der Waals surface area contributed by atoms with E-state index in [4.69, 9.17) is 4.74 Å². The highest BCUT2D eigenvalue weighted by Crippen LogP contribution is 2.28. The molecule has 0 aliphatic carbocycles. The third-order valence-corrected chi connectivity index (χ3v) is 3.72. The Morgan fingerprint density at radius 1 is 0.952 bits per heavy atom. The van der Waals surface area contributed by atoms with Gasteiger partial charge in [-0.1, -0.05) is 57.0 Å². The quantitative estimate of drug-likeness (QED) is 0.661. The van der Waals surface area contributed by atoms with Crippen LogP contribution in [0.25, 0.3) is 10.8 Å². The summed E-state index contributed by atoms with van der Waals surface area (Å²) in [7, 11) is 0. The Balaban J connectivity index is 2.15. The van der Waals surface area contributed by atoms with Crippen LogP contribution in [0.2, 0.25) is 0 Å². The van der Waals surface area contributed by atoms with Gasteiger partial charge in [-0.2, -0.15) is 0 Å². The number of unbranched alkanes of at least 4 members (excludes halogenated alkanes) is 2. The molecule has 0 atom stereocenters. The van der Waals surface area contributed by atoms with Crippen molar-refractivity contribution in [3.8, 4) is 5.75 Å². The minimum absolute atomic E-state index is 0.779. The van der Waals surface area contributed by atoms with Gasteiger partial charge in [-0.15, -0.1) is 0 Å². The highest BCUT2D eigenvalue weighted by atomic mass is 16.5. The first-order valence-corrected chi connectivity index (χ1v) is 8.21. The van der Waals surface area contributed by atoms with Crippen molar-refractivity contribution >= 4 is 10.8 Å². The van der Waals surface area contributed by atoms with Crippen LogP contribution in [-0.2, 0) is 6.54 Å². The molecule has 2 rings (SSSR count). The summed E-state index contributed by atoms with van der Waals surface area (Å²) in [6.07, 6.45) is 4.84. The van der Waals surface area contributed by atoms with Gasteiger partial charge in [0, 0.05) is 12.1 Å². The number of nitrogens with one attached hydrogen (secondary N) is 1. The van der Waals surface area contributed by atoms with E-state index < -0.39 is 0 Å². The molecule has 21 heavy (non-hydrogen) atoms. The molecular formula is C19H27NO. The number of ether oxygens (including phenoxy) is 1. The second kappa shape index (κ2) is 8.68. The largest absolute Gasteiger partial charge is 0.493 e. The monoisotopic (exact) mass is 285 g/mol. The Hall–Kier alpha value is -1.54. The van der Waals surface area contributed by atoms with Crippen molar-refractivity contribution in [2.24, 2.45) is 0 Å². The number of rotatable bonds is 9. The molecule has 1 N–H and O–H groups in total. The minimum atomic E-state index is 0.779. The van der Waals surface area contributed by atoms with Crippen molar-refractivity contribution in [3.05, 3.63) is 42.0 Å². The van der Waals surface area contributed by atoms with Gasteiger partial charge in [-0.3, -0.25) is 0 Å². The lowest BCUT2D eigenvalue weighted by molar-refractivity contribution is 0.314. The summed E-state index contributed by atoms with van der Waals surface area (Å²) in [6.45, 7) is 7.11. The predicted octanol–water partition coefficient (Wildman–Crippen LogP) is 4.91.